The second-order valence-corrected chi connectivity index (χ2v) is 9.60. The second-order valence-electron chi connectivity index (χ2n) is 7.31. The normalized spacial score (nSPS) is 16.8. The summed E-state index contributed by atoms with van der Waals surface area (Å²) in [5.41, 5.74) is 7.21. The third-order valence-corrected chi connectivity index (χ3v) is 6.98. The topological polar surface area (TPSA) is 174 Å². The van der Waals surface area contributed by atoms with Crippen LogP contribution in [0.3, 0.4) is 0 Å². The van der Waals surface area contributed by atoms with Crippen LogP contribution in [0.4, 0.5) is 5.82 Å². The van der Waals surface area contributed by atoms with E-state index in [0.29, 0.717) is 30.5 Å². The minimum Gasteiger partial charge on any atom is -0.368 e. The highest BCUT2D eigenvalue weighted by molar-refractivity contribution is 8.00. The minimum atomic E-state index is -4.66. The number of hydrogen-bond donors (Lipinski definition) is 3. The van der Waals surface area contributed by atoms with Crippen LogP contribution in [-0.4, -0.2) is 39.9 Å². The molecular weight excluding hydrogens is 465 g/mol. The van der Waals surface area contributed by atoms with E-state index in [9.17, 15) is 19.9 Å². The van der Waals surface area contributed by atoms with Crippen LogP contribution < -0.4 is 10.6 Å². The molecule has 1 aromatic heterocycles. The molecule has 1 saturated heterocycles. The molecule has 2 aromatic rings. The molecule has 1 fully saturated rings. The monoisotopic (exact) mass is 487 g/mol. The van der Waals surface area contributed by atoms with Crippen molar-refractivity contribution in [2.75, 3.05) is 18.0 Å². The van der Waals surface area contributed by atoms with Gasteiger partial charge in [-0.15, -0.1) is 0 Å². The number of nitrogens with two attached hydrogens (primary N) is 1. The molecule has 12 heteroatoms. The van der Waals surface area contributed by atoms with E-state index in [2.05, 4.69) is 17.1 Å². The lowest BCUT2D eigenvalue weighted by Gasteiger charge is -2.23. The van der Waals surface area contributed by atoms with Gasteiger partial charge in [0.05, 0.1) is 17.2 Å². The number of carbonyl (C=O) groups is 1. The summed E-state index contributed by atoms with van der Waals surface area (Å²) in [7, 11) is -4.66. The van der Waals surface area contributed by atoms with Crippen molar-refractivity contribution in [3.63, 3.8) is 0 Å². The second kappa shape index (κ2) is 10.3. The smallest absolute Gasteiger partial charge is 0.368 e. The molecule has 1 aliphatic rings. The highest BCUT2D eigenvalue weighted by Crippen LogP contribution is 2.42. The average Bonchev–Trinajstić information content (AvgIpc) is 3.23. The predicted octanol–water partition coefficient (Wildman–Crippen LogP) is 2.39. The van der Waals surface area contributed by atoms with Crippen molar-refractivity contribution in [1.82, 2.24) is 4.98 Å². The molecule has 2 heterocycles. The maximum Gasteiger partial charge on any atom is 0.469 e. The molecule has 1 aliphatic heterocycles. The summed E-state index contributed by atoms with van der Waals surface area (Å²) < 4.78 is 16.0. The Hall–Kier alpha value is -2.92. The van der Waals surface area contributed by atoms with E-state index in [4.69, 9.17) is 20.0 Å². The Morgan fingerprint density at radius 2 is 2.00 bits per heavy atom. The van der Waals surface area contributed by atoms with E-state index in [1.807, 2.05) is 13.0 Å². The molecule has 172 valence electrons. The summed E-state index contributed by atoms with van der Waals surface area (Å²) >= 11 is 1.03. The number of nitriles is 2. The van der Waals surface area contributed by atoms with Crippen molar-refractivity contribution >= 4 is 31.3 Å². The molecule has 4 N–H and O–H groups in total. The van der Waals surface area contributed by atoms with Gasteiger partial charge in [-0.3, -0.25) is 9.32 Å². The van der Waals surface area contributed by atoms with E-state index in [1.54, 1.807) is 29.2 Å². The van der Waals surface area contributed by atoms with Gasteiger partial charge < -0.3 is 20.4 Å². The van der Waals surface area contributed by atoms with Gasteiger partial charge in [-0.1, -0.05) is 49.0 Å². The third kappa shape index (κ3) is 5.72. The molecule has 2 atom stereocenters. The Labute approximate surface area is 195 Å². The Morgan fingerprint density at radius 1 is 1.33 bits per heavy atom. The van der Waals surface area contributed by atoms with Crippen molar-refractivity contribution in [2.45, 2.75) is 36.1 Å². The van der Waals surface area contributed by atoms with Gasteiger partial charge >= 0.3 is 7.82 Å². The van der Waals surface area contributed by atoms with Gasteiger partial charge in [-0.05, 0) is 24.0 Å². The largest absolute Gasteiger partial charge is 0.469 e. The summed E-state index contributed by atoms with van der Waals surface area (Å²) in [4.78, 5) is 36.7. The summed E-state index contributed by atoms with van der Waals surface area (Å²) in [5, 5.41) is 19.1. The lowest BCUT2D eigenvalue weighted by Crippen LogP contribution is -2.25. The Morgan fingerprint density at radius 3 is 2.55 bits per heavy atom. The summed E-state index contributed by atoms with van der Waals surface area (Å²) in [5.74, 6) is -0.318. The van der Waals surface area contributed by atoms with Crippen molar-refractivity contribution in [2.24, 2.45) is 5.73 Å². The van der Waals surface area contributed by atoms with Crippen LogP contribution in [0.25, 0.3) is 0 Å². The molecule has 1 amide bonds. The van der Waals surface area contributed by atoms with Gasteiger partial charge in [0.25, 0.3) is 0 Å². The standard InChI is InChI=1S/C21H22N5O5PS/c1-2-15-16(10-22)20(26-9-8-14(12-26)31-32(28,29)30)25-21(17(15)11-23)33-18(19(24)27)13-6-4-3-5-7-13/h3-7,14,18H,2,8-9,12H2,1H3,(H2,24,27)(H2,28,29,30)/t14-,18+/m0/s1. The number of phosphoric acid groups is 1. The van der Waals surface area contributed by atoms with Crippen molar-refractivity contribution in [1.29, 1.82) is 10.5 Å². The first-order valence-corrected chi connectivity index (χ1v) is 12.5. The zero-order valence-electron chi connectivity index (χ0n) is 17.7. The number of hydrogen-bond acceptors (Lipinski definition) is 8. The van der Waals surface area contributed by atoms with Gasteiger partial charge in [0.1, 0.15) is 28.2 Å². The molecule has 0 radical (unpaired) electrons. The summed E-state index contributed by atoms with van der Waals surface area (Å²) in [6.07, 6.45) is -0.0357. The van der Waals surface area contributed by atoms with Crippen LogP contribution >= 0.6 is 19.6 Å². The predicted molar refractivity (Wildman–Crippen MR) is 121 cm³/mol. The number of primary amides is 1. The van der Waals surface area contributed by atoms with Crippen molar-refractivity contribution < 1.29 is 23.7 Å². The fourth-order valence-electron chi connectivity index (χ4n) is 3.73. The lowest BCUT2D eigenvalue weighted by atomic mass is 10.0. The highest BCUT2D eigenvalue weighted by Gasteiger charge is 2.33. The molecule has 0 saturated carbocycles. The number of aromatic nitrogens is 1. The quantitative estimate of drug-likeness (QED) is 0.370. The molecule has 0 unspecified atom stereocenters. The Kier molecular flexibility index (Phi) is 7.75. The first kappa shape index (κ1) is 24.7. The van der Waals surface area contributed by atoms with Crippen LogP contribution in [0, 0.1) is 22.7 Å². The van der Waals surface area contributed by atoms with Crippen LogP contribution in [0.15, 0.2) is 35.4 Å². The summed E-state index contributed by atoms with van der Waals surface area (Å²) in [6.45, 7) is 2.27. The van der Waals surface area contributed by atoms with Gasteiger partial charge in [0.15, 0.2) is 0 Å². The molecular formula is C21H22N5O5PS. The first-order valence-electron chi connectivity index (χ1n) is 10.0. The number of anilines is 1. The number of carbonyl (C=O) groups excluding carboxylic acids is 1. The average molecular weight is 487 g/mol. The lowest BCUT2D eigenvalue weighted by molar-refractivity contribution is -0.117. The SMILES string of the molecule is CCc1c(C#N)c(S[C@@H](C(N)=O)c2ccccc2)nc(N2CC[C@H](OP(=O)(O)O)C2)c1C#N. The molecule has 10 nitrogen and oxygen atoms in total. The van der Waals surface area contributed by atoms with E-state index < -0.39 is 25.1 Å². The highest BCUT2D eigenvalue weighted by atomic mass is 32.2. The molecule has 0 bridgehead atoms. The number of phosphoric ester groups is 1. The Balaban J connectivity index is 2.06. The van der Waals surface area contributed by atoms with Crippen LogP contribution in [0.2, 0.25) is 0 Å². The van der Waals surface area contributed by atoms with Crippen LogP contribution in [-0.2, 0) is 20.3 Å². The van der Waals surface area contributed by atoms with E-state index in [1.165, 1.54) is 0 Å². The van der Waals surface area contributed by atoms with E-state index in [0.717, 1.165) is 11.8 Å². The number of nitrogens with zero attached hydrogens (tertiary/aromatic N) is 4. The maximum absolute atomic E-state index is 12.2. The fraction of sp³-hybridized carbons (Fsp3) is 0.333. The van der Waals surface area contributed by atoms with Crippen LogP contribution in [0.1, 0.15) is 40.8 Å². The number of thioether (sulfide) groups is 1. The minimum absolute atomic E-state index is 0.115. The zero-order valence-corrected chi connectivity index (χ0v) is 19.4. The van der Waals surface area contributed by atoms with Gasteiger partial charge in [0.2, 0.25) is 5.91 Å². The third-order valence-electron chi connectivity index (χ3n) is 5.15. The first-order chi connectivity index (χ1) is 15.7. The number of amides is 1. The number of benzene rings is 1. The molecule has 33 heavy (non-hydrogen) atoms. The molecule has 0 spiro atoms. The van der Waals surface area contributed by atoms with Crippen LogP contribution in [0.5, 0.6) is 0 Å². The maximum atomic E-state index is 12.2. The van der Waals surface area contributed by atoms with Gasteiger partial charge in [-0.25, -0.2) is 9.55 Å². The fourth-order valence-corrected chi connectivity index (χ4v) is 5.35. The van der Waals surface area contributed by atoms with E-state index >= 15 is 0 Å². The molecule has 1 aromatic carbocycles. The number of pyridine rings is 1. The molecule has 3 rings (SSSR count). The summed E-state index contributed by atoms with van der Waals surface area (Å²) in [6, 6.07) is 13.1. The van der Waals surface area contributed by atoms with Gasteiger partial charge in [0, 0.05) is 13.1 Å². The van der Waals surface area contributed by atoms with Gasteiger partial charge in [-0.2, -0.15) is 10.5 Å². The van der Waals surface area contributed by atoms with Crippen molar-refractivity contribution in [3.8, 4) is 12.1 Å². The molecule has 0 aliphatic carbocycles. The van der Waals surface area contributed by atoms with Crippen molar-refractivity contribution in [3.05, 3.63) is 52.6 Å². The van der Waals surface area contributed by atoms with E-state index in [-0.39, 0.29) is 28.5 Å². The zero-order chi connectivity index (χ0) is 24.2. The Bertz CT molecular complexity index is 1170. The number of rotatable bonds is 8.